The molecule has 30 heavy (non-hydrogen) atoms. The molecule has 0 unspecified atom stereocenters. The number of likely N-dealkylation sites (tertiary alicyclic amines) is 1. The van der Waals surface area contributed by atoms with Gasteiger partial charge in [0.1, 0.15) is 11.6 Å². The van der Waals surface area contributed by atoms with Crippen molar-refractivity contribution in [2.75, 3.05) is 31.4 Å². The molecule has 3 rings (SSSR count). The third-order valence-corrected chi connectivity index (χ3v) is 5.27. The van der Waals surface area contributed by atoms with E-state index in [-0.39, 0.29) is 36.1 Å². The standard InChI is InChI=1S/C22H26ClN3O3.ClH/c1-29-20-13-18(24-21(27)14-23)7-8-19(20)22(28)25-17-9-11-26(12-10-17)15-16-5-3-2-4-6-16;/h2-8,13,17H,9-12,14-15H2,1H3,(H,24,27)(H,25,28);1H. The number of alkyl halides is 1. The summed E-state index contributed by atoms with van der Waals surface area (Å²) in [7, 11) is 1.50. The number of benzene rings is 2. The fraction of sp³-hybridized carbons (Fsp3) is 0.364. The molecule has 0 atom stereocenters. The van der Waals surface area contributed by atoms with Gasteiger partial charge in [-0.25, -0.2) is 0 Å². The second-order valence-electron chi connectivity index (χ2n) is 7.11. The Kier molecular flexibility index (Phi) is 9.43. The molecule has 8 heteroatoms. The van der Waals surface area contributed by atoms with Crippen molar-refractivity contribution in [3.8, 4) is 5.75 Å². The minimum absolute atomic E-state index is 0. The van der Waals surface area contributed by atoms with Crippen LogP contribution in [0.15, 0.2) is 48.5 Å². The second kappa shape index (κ2) is 11.8. The molecule has 0 saturated carbocycles. The summed E-state index contributed by atoms with van der Waals surface area (Å²) in [5.74, 6) is -0.198. The highest BCUT2D eigenvalue weighted by atomic mass is 35.5. The lowest BCUT2D eigenvalue weighted by atomic mass is 10.0. The minimum Gasteiger partial charge on any atom is -0.496 e. The van der Waals surface area contributed by atoms with E-state index in [0.29, 0.717) is 17.0 Å². The Morgan fingerprint density at radius 1 is 1.13 bits per heavy atom. The molecule has 2 aromatic rings. The van der Waals surface area contributed by atoms with Crippen LogP contribution in [0.1, 0.15) is 28.8 Å². The summed E-state index contributed by atoms with van der Waals surface area (Å²) in [6.07, 6.45) is 1.81. The van der Waals surface area contributed by atoms with Crippen LogP contribution in [0.5, 0.6) is 5.75 Å². The van der Waals surface area contributed by atoms with E-state index in [0.717, 1.165) is 32.5 Å². The van der Waals surface area contributed by atoms with E-state index in [4.69, 9.17) is 16.3 Å². The van der Waals surface area contributed by atoms with Crippen LogP contribution in [0.2, 0.25) is 0 Å². The number of piperidine rings is 1. The zero-order chi connectivity index (χ0) is 20.6. The first-order chi connectivity index (χ1) is 14.1. The van der Waals surface area contributed by atoms with Gasteiger partial charge in [0.05, 0.1) is 12.7 Å². The maximum Gasteiger partial charge on any atom is 0.255 e. The molecule has 1 heterocycles. The SMILES string of the molecule is COc1cc(NC(=O)CCl)ccc1C(=O)NC1CCN(Cc2ccccc2)CC1.Cl. The van der Waals surface area contributed by atoms with Crippen molar-refractivity contribution in [1.29, 1.82) is 0 Å². The molecule has 1 aliphatic heterocycles. The monoisotopic (exact) mass is 451 g/mol. The summed E-state index contributed by atoms with van der Waals surface area (Å²) >= 11 is 5.51. The molecule has 0 aliphatic carbocycles. The normalized spacial score (nSPS) is 14.5. The van der Waals surface area contributed by atoms with E-state index in [9.17, 15) is 9.59 Å². The van der Waals surface area contributed by atoms with Crippen LogP contribution in [0, 0.1) is 0 Å². The van der Waals surface area contributed by atoms with E-state index in [2.05, 4.69) is 39.8 Å². The Labute approximate surface area is 188 Å². The molecule has 1 fully saturated rings. The predicted octanol–water partition coefficient (Wildman–Crippen LogP) is 3.69. The van der Waals surface area contributed by atoms with Gasteiger partial charge in [0.2, 0.25) is 5.91 Å². The van der Waals surface area contributed by atoms with E-state index in [1.54, 1.807) is 18.2 Å². The summed E-state index contributed by atoms with van der Waals surface area (Å²) in [4.78, 5) is 26.6. The summed E-state index contributed by atoms with van der Waals surface area (Å²) in [6.45, 7) is 2.82. The smallest absolute Gasteiger partial charge is 0.255 e. The van der Waals surface area contributed by atoms with E-state index < -0.39 is 0 Å². The van der Waals surface area contributed by atoms with Crippen molar-refractivity contribution in [2.45, 2.75) is 25.4 Å². The third kappa shape index (κ3) is 6.62. The van der Waals surface area contributed by atoms with Crippen molar-refractivity contribution in [3.05, 3.63) is 59.7 Å². The first kappa shape index (κ1) is 24.0. The number of amides is 2. The molecule has 2 aromatic carbocycles. The van der Waals surface area contributed by atoms with Gasteiger partial charge >= 0.3 is 0 Å². The summed E-state index contributed by atoms with van der Waals surface area (Å²) in [6, 6.07) is 15.5. The molecule has 0 aromatic heterocycles. The predicted molar refractivity (Wildman–Crippen MR) is 122 cm³/mol. The van der Waals surface area contributed by atoms with Crippen LogP contribution >= 0.6 is 24.0 Å². The van der Waals surface area contributed by atoms with Gasteiger partial charge in [-0.3, -0.25) is 14.5 Å². The largest absolute Gasteiger partial charge is 0.496 e. The highest BCUT2D eigenvalue weighted by molar-refractivity contribution is 6.29. The summed E-state index contributed by atoms with van der Waals surface area (Å²) < 4.78 is 5.34. The number of carbonyl (C=O) groups is 2. The molecular formula is C22H27Cl2N3O3. The number of carbonyl (C=O) groups excluding carboxylic acids is 2. The average Bonchev–Trinajstić information content (AvgIpc) is 2.75. The average molecular weight is 452 g/mol. The molecule has 162 valence electrons. The number of anilines is 1. The summed E-state index contributed by atoms with van der Waals surface area (Å²) in [5.41, 5.74) is 2.29. The summed E-state index contributed by atoms with van der Waals surface area (Å²) in [5, 5.41) is 5.76. The van der Waals surface area contributed by atoms with Crippen LogP contribution in [-0.4, -0.2) is 48.8 Å². The molecular weight excluding hydrogens is 425 g/mol. The van der Waals surface area contributed by atoms with Crippen molar-refractivity contribution in [2.24, 2.45) is 0 Å². The first-order valence-corrected chi connectivity index (χ1v) is 10.2. The Morgan fingerprint density at radius 3 is 2.47 bits per heavy atom. The first-order valence-electron chi connectivity index (χ1n) is 9.70. The number of rotatable bonds is 7. The molecule has 1 saturated heterocycles. The van der Waals surface area contributed by atoms with Gasteiger partial charge in [0.25, 0.3) is 5.91 Å². The second-order valence-corrected chi connectivity index (χ2v) is 7.37. The lowest BCUT2D eigenvalue weighted by Gasteiger charge is -2.32. The molecule has 0 bridgehead atoms. The number of methoxy groups -OCH3 is 1. The molecule has 1 aliphatic rings. The molecule has 0 radical (unpaired) electrons. The molecule has 2 N–H and O–H groups in total. The number of hydrogen-bond acceptors (Lipinski definition) is 4. The molecule has 6 nitrogen and oxygen atoms in total. The van der Waals surface area contributed by atoms with E-state index in [1.807, 2.05) is 6.07 Å². The number of ether oxygens (including phenoxy) is 1. The molecule has 0 spiro atoms. The highest BCUT2D eigenvalue weighted by Gasteiger charge is 2.22. The van der Waals surface area contributed by atoms with Gasteiger partial charge in [-0.2, -0.15) is 0 Å². The number of halogens is 2. The number of nitrogens with one attached hydrogen (secondary N) is 2. The van der Waals surface area contributed by atoms with E-state index >= 15 is 0 Å². The lowest BCUT2D eigenvalue weighted by Crippen LogP contribution is -2.44. The highest BCUT2D eigenvalue weighted by Crippen LogP contribution is 2.24. The Hall–Kier alpha value is -2.28. The van der Waals surface area contributed by atoms with Crippen LogP contribution < -0.4 is 15.4 Å². The van der Waals surface area contributed by atoms with Gasteiger partial charge in [-0.05, 0) is 30.5 Å². The van der Waals surface area contributed by atoms with Crippen LogP contribution in [0.25, 0.3) is 0 Å². The van der Waals surface area contributed by atoms with Crippen molar-refractivity contribution in [3.63, 3.8) is 0 Å². The van der Waals surface area contributed by atoms with Crippen molar-refractivity contribution < 1.29 is 14.3 Å². The topological polar surface area (TPSA) is 70.7 Å². The maximum absolute atomic E-state index is 12.7. The Balaban J connectivity index is 0.00000320. The van der Waals surface area contributed by atoms with Crippen molar-refractivity contribution in [1.82, 2.24) is 10.2 Å². The fourth-order valence-electron chi connectivity index (χ4n) is 3.49. The van der Waals surface area contributed by atoms with Crippen molar-refractivity contribution >= 4 is 41.5 Å². The quantitative estimate of drug-likeness (QED) is 0.629. The van der Waals surface area contributed by atoms with Crippen LogP contribution in [-0.2, 0) is 11.3 Å². The maximum atomic E-state index is 12.7. The fourth-order valence-corrected chi connectivity index (χ4v) is 3.56. The zero-order valence-corrected chi connectivity index (χ0v) is 18.5. The Bertz CT molecular complexity index is 841. The zero-order valence-electron chi connectivity index (χ0n) is 16.9. The number of nitrogens with zero attached hydrogens (tertiary/aromatic N) is 1. The van der Waals surface area contributed by atoms with Crippen LogP contribution in [0.4, 0.5) is 5.69 Å². The van der Waals surface area contributed by atoms with Gasteiger partial charge in [-0.15, -0.1) is 24.0 Å². The lowest BCUT2D eigenvalue weighted by molar-refractivity contribution is -0.113. The third-order valence-electron chi connectivity index (χ3n) is 5.02. The minimum atomic E-state index is -0.312. The van der Waals surface area contributed by atoms with Gasteiger partial charge < -0.3 is 15.4 Å². The van der Waals surface area contributed by atoms with Crippen LogP contribution in [0.3, 0.4) is 0 Å². The van der Waals surface area contributed by atoms with E-state index in [1.165, 1.54) is 12.7 Å². The van der Waals surface area contributed by atoms with Gasteiger partial charge in [0, 0.05) is 37.4 Å². The Morgan fingerprint density at radius 2 is 1.83 bits per heavy atom. The molecule has 2 amide bonds. The van der Waals surface area contributed by atoms with Gasteiger partial charge in [-0.1, -0.05) is 30.3 Å². The number of hydrogen-bond donors (Lipinski definition) is 2. The van der Waals surface area contributed by atoms with Gasteiger partial charge in [0.15, 0.2) is 0 Å².